The summed E-state index contributed by atoms with van der Waals surface area (Å²) in [7, 11) is -3.25. The lowest BCUT2D eigenvalue weighted by Crippen LogP contribution is -2.47. The van der Waals surface area contributed by atoms with Crippen LogP contribution in [0.25, 0.3) is 0 Å². The average molecular weight is 334 g/mol. The van der Waals surface area contributed by atoms with Crippen molar-refractivity contribution in [1.82, 2.24) is 0 Å². The van der Waals surface area contributed by atoms with Crippen LogP contribution in [0.4, 0.5) is 10.1 Å². The maximum Gasteiger partial charge on any atom is 0.169 e. The van der Waals surface area contributed by atoms with Gasteiger partial charge in [-0.25, -0.2) is 12.8 Å². The van der Waals surface area contributed by atoms with E-state index >= 15 is 0 Å². The molecule has 0 radical (unpaired) electrons. The van der Waals surface area contributed by atoms with Crippen molar-refractivity contribution in [3.05, 3.63) is 29.6 Å². The van der Waals surface area contributed by atoms with E-state index < -0.39 is 21.0 Å². The van der Waals surface area contributed by atoms with Gasteiger partial charge in [0.1, 0.15) is 16.2 Å². The van der Waals surface area contributed by atoms with Crippen LogP contribution < -0.4 is 10.6 Å². The SMILES string of the molecule is CS(=O)(=O)C1CSCCN1c1ccc(F)cc1C(N)=S. The minimum Gasteiger partial charge on any atom is -0.389 e. The Hall–Kier alpha value is -0.860. The molecule has 1 unspecified atom stereocenters. The molecule has 1 fully saturated rings. The fourth-order valence-electron chi connectivity index (χ4n) is 2.17. The minimum atomic E-state index is -3.25. The normalized spacial score (nSPS) is 19.9. The number of halogens is 1. The van der Waals surface area contributed by atoms with Crippen molar-refractivity contribution >= 4 is 44.5 Å². The highest BCUT2D eigenvalue weighted by Crippen LogP contribution is 2.30. The Bertz CT molecular complexity index is 634. The summed E-state index contributed by atoms with van der Waals surface area (Å²) in [6.45, 7) is 0.559. The van der Waals surface area contributed by atoms with Gasteiger partial charge in [-0.15, -0.1) is 0 Å². The second-order valence-electron chi connectivity index (χ2n) is 4.58. The van der Waals surface area contributed by atoms with Gasteiger partial charge in [0, 0.05) is 35.6 Å². The fraction of sp³-hybridized carbons (Fsp3) is 0.417. The maximum absolute atomic E-state index is 13.3. The smallest absolute Gasteiger partial charge is 0.169 e. The van der Waals surface area contributed by atoms with E-state index in [-0.39, 0.29) is 4.99 Å². The Morgan fingerprint density at radius 3 is 2.85 bits per heavy atom. The predicted octanol–water partition coefficient (Wildman–Crippen LogP) is 1.38. The van der Waals surface area contributed by atoms with Crippen LogP contribution in [0.3, 0.4) is 0 Å². The molecule has 1 aliphatic rings. The van der Waals surface area contributed by atoms with Gasteiger partial charge in [-0.2, -0.15) is 11.8 Å². The van der Waals surface area contributed by atoms with Crippen molar-refractivity contribution in [3.63, 3.8) is 0 Å². The summed E-state index contributed by atoms with van der Waals surface area (Å²) in [5.74, 6) is 0.839. The molecule has 0 aromatic heterocycles. The number of benzene rings is 1. The molecule has 1 aliphatic heterocycles. The molecule has 2 rings (SSSR count). The largest absolute Gasteiger partial charge is 0.389 e. The van der Waals surface area contributed by atoms with Crippen molar-refractivity contribution in [2.24, 2.45) is 5.73 Å². The van der Waals surface area contributed by atoms with Crippen LogP contribution in [-0.4, -0.2) is 43.1 Å². The van der Waals surface area contributed by atoms with Gasteiger partial charge < -0.3 is 10.6 Å². The van der Waals surface area contributed by atoms with Crippen molar-refractivity contribution < 1.29 is 12.8 Å². The average Bonchev–Trinajstić information content (AvgIpc) is 2.37. The predicted molar refractivity (Wildman–Crippen MR) is 85.6 cm³/mol. The Balaban J connectivity index is 2.50. The number of rotatable bonds is 3. The molecule has 0 aliphatic carbocycles. The fourth-order valence-corrected chi connectivity index (χ4v) is 5.16. The number of anilines is 1. The summed E-state index contributed by atoms with van der Waals surface area (Å²) in [5.41, 5.74) is 6.58. The molecule has 1 aromatic rings. The van der Waals surface area contributed by atoms with E-state index in [1.165, 1.54) is 24.5 Å². The van der Waals surface area contributed by atoms with E-state index in [0.29, 0.717) is 23.5 Å². The molecule has 0 spiro atoms. The number of nitrogens with two attached hydrogens (primary N) is 1. The van der Waals surface area contributed by atoms with E-state index in [1.54, 1.807) is 16.7 Å². The second-order valence-corrected chi connectivity index (χ2v) is 8.37. The molecule has 110 valence electrons. The molecular formula is C12H15FN2O2S3. The highest BCUT2D eigenvalue weighted by Gasteiger charge is 2.32. The first kappa shape index (κ1) is 15.5. The van der Waals surface area contributed by atoms with Crippen LogP contribution >= 0.6 is 24.0 Å². The molecule has 0 saturated carbocycles. The highest BCUT2D eigenvalue weighted by molar-refractivity contribution is 8.01. The third-order valence-corrected chi connectivity index (χ3v) is 5.98. The summed E-state index contributed by atoms with van der Waals surface area (Å²) < 4.78 is 37.2. The number of thiocarbonyl (C=S) groups is 1. The van der Waals surface area contributed by atoms with Crippen LogP contribution in [0.15, 0.2) is 18.2 Å². The Labute approximate surface area is 127 Å². The van der Waals surface area contributed by atoms with E-state index in [0.717, 1.165) is 5.75 Å². The van der Waals surface area contributed by atoms with Gasteiger partial charge in [0.2, 0.25) is 0 Å². The lowest BCUT2D eigenvalue weighted by atomic mass is 10.1. The van der Waals surface area contributed by atoms with Crippen LogP contribution in [-0.2, 0) is 9.84 Å². The molecule has 4 nitrogen and oxygen atoms in total. The quantitative estimate of drug-likeness (QED) is 0.843. The second kappa shape index (κ2) is 5.87. The molecule has 0 amide bonds. The van der Waals surface area contributed by atoms with Crippen LogP contribution in [0.5, 0.6) is 0 Å². The number of sulfone groups is 1. The number of hydrogen-bond donors (Lipinski definition) is 1. The lowest BCUT2D eigenvalue weighted by Gasteiger charge is -2.36. The zero-order valence-corrected chi connectivity index (χ0v) is 13.3. The molecule has 1 saturated heterocycles. The van der Waals surface area contributed by atoms with Crippen molar-refractivity contribution in [1.29, 1.82) is 0 Å². The summed E-state index contributed by atoms with van der Waals surface area (Å²) in [4.78, 5) is 1.81. The Kier molecular flexibility index (Phi) is 4.55. The number of hydrogen-bond acceptors (Lipinski definition) is 5. The van der Waals surface area contributed by atoms with E-state index in [1.807, 2.05) is 0 Å². The van der Waals surface area contributed by atoms with Gasteiger partial charge >= 0.3 is 0 Å². The molecule has 0 bridgehead atoms. The number of nitrogens with zero attached hydrogens (tertiary/aromatic N) is 1. The Morgan fingerprint density at radius 2 is 2.25 bits per heavy atom. The Morgan fingerprint density at radius 1 is 1.55 bits per heavy atom. The summed E-state index contributed by atoms with van der Waals surface area (Å²) >= 11 is 6.53. The van der Waals surface area contributed by atoms with Crippen LogP contribution in [0, 0.1) is 5.82 Å². The number of thioether (sulfide) groups is 1. The maximum atomic E-state index is 13.3. The minimum absolute atomic E-state index is 0.0602. The summed E-state index contributed by atoms with van der Waals surface area (Å²) in [6.07, 6.45) is 1.21. The topological polar surface area (TPSA) is 63.4 Å². The zero-order chi connectivity index (χ0) is 14.9. The molecule has 1 heterocycles. The molecule has 1 aromatic carbocycles. The van der Waals surface area contributed by atoms with Crippen molar-refractivity contribution in [2.75, 3.05) is 29.2 Å². The summed E-state index contributed by atoms with van der Waals surface area (Å²) in [6, 6.07) is 4.08. The third-order valence-electron chi connectivity index (χ3n) is 3.11. The zero-order valence-electron chi connectivity index (χ0n) is 10.9. The van der Waals surface area contributed by atoms with Gasteiger partial charge in [0.25, 0.3) is 0 Å². The van der Waals surface area contributed by atoms with Gasteiger partial charge in [0.05, 0.1) is 0 Å². The van der Waals surface area contributed by atoms with Gasteiger partial charge in [-0.05, 0) is 18.2 Å². The first-order valence-electron chi connectivity index (χ1n) is 5.93. The standard InChI is InChI=1S/C12H15FN2O2S3/c1-20(16,17)11-7-19-5-4-15(11)10-3-2-8(13)6-9(10)12(14)18/h2-3,6,11H,4-5,7H2,1H3,(H2,14,18). The molecule has 8 heteroatoms. The van der Waals surface area contributed by atoms with Gasteiger partial charge in [-0.1, -0.05) is 12.2 Å². The first-order chi connectivity index (χ1) is 9.30. The third kappa shape index (κ3) is 3.24. The van der Waals surface area contributed by atoms with Gasteiger partial charge in [0.15, 0.2) is 9.84 Å². The van der Waals surface area contributed by atoms with Crippen LogP contribution in [0.2, 0.25) is 0 Å². The van der Waals surface area contributed by atoms with E-state index in [2.05, 4.69) is 0 Å². The molecule has 20 heavy (non-hydrogen) atoms. The van der Waals surface area contributed by atoms with E-state index in [9.17, 15) is 12.8 Å². The molecular weight excluding hydrogens is 319 g/mol. The van der Waals surface area contributed by atoms with Crippen molar-refractivity contribution in [2.45, 2.75) is 5.37 Å². The molecule has 2 N–H and O–H groups in total. The summed E-state index contributed by atoms with van der Waals surface area (Å²) in [5, 5.41) is -0.639. The highest BCUT2D eigenvalue weighted by atomic mass is 32.2. The van der Waals surface area contributed by atoms with Gasteiger partial charge in [-0.3, -0.25) is 0 Å². The van der Waals surface area contributed by atoms with Crippen molar-refractivity contribution in [3.8, 4) is 0 Å². The monoisotopic (exact) mass is 334 g/mol. The van der Waals surface area contributed by atoms with Crippen LogP contribution in [0.1, 0.15) is 5.56 Å². The molecule has 1 atom stereocenters. The van der Waals surface area contributed by atoms with E-state index in [4.69, 9.17) is 18.0 Å². The first-order valence-corrected chi connectivity index (χ1v) is 9.45. The lowest BCUT2D eigenvalue weighted by molar-refractivity contribution is 0.584.